The van der Waals surface area contributed by atoms with Crippen molar-refractivity contribution in [2.24, 2.45) is 0 Å². The van der Waals surface area contributed by atoms with Crippen LogP contribution in [0.15, 0.2) is 30.3 Å². The van der Waals surface area contributed by atoms with Crippen LogP contribution in [0.2, 0.25) is 0 Å². The minimum Gasteiger partial charge on any atom is -0.311 e. The van der Waals surface area contributed by atoms with E-state index in [1.54, 1.807) is 0 Å². The lowest BCUT2D eigenvalue weighted by molar-refractivity contribution is 0.168. The van der Waals surface area contributed by atoms with Crippen molar-refractivity contribution in [1.29, 1.82) is 0 Å². The molecule has 2 saturated heterocycles. The molecular weight excluding hydrogens is 244 g/mol. The molecule has 0 saturated carbocycles. The van der Waals surface area contributed by atoms with Crippen LogP contribution in [0.25, 0.3) is 0 Å². The van der Waals surface area contributed by atoms with Gasteiger partial charge in [-0.1, -0.05) is 37.3 Å². The molecular formula is C18H28N2. The van der Waals surface area contributed by atoms with Crippen molar-refractivity contribution < 1.29 is 0 Å². The number of hydrogen-bond acceptors (Lipinski definition) is 2. The first-order valence-electron chi connectivity index (χ1n) is 8.23. The third-order valence-corrected chi connectivity index (χ3v) is 5.35. The summed E-state index contributed by atoms with van der Waals surface area (Å²) in [6.45, 7) is 3.58. The zero-order valence-electron chi connectivity index (χ0n) is 12.9. The van der Waals surface area contributed by atoms with E-state index in [4.69, 9.17) is 0 Å². The highest BCUT2D eigenvalue weighted by Gasteiger charge is 2.34. The van der Waals surface area contributed by atoms with E-state index < -0.39 is 0 Å². The molecule has 2 heterocycles. The predicted octanol–water partition coefficient (Wildman–Crippen LogP) is 3.40. The lowest BCUT2D eigenvalue weighted by atomic mass is 9.95. The van der Waals surface area contributed by atoms with E-state index in [1.165, 1.54) is 44.2 Å². The van der Waals surface area contributed by atoms with Crippen molar-refractivity contribution in [3.63, 3.8) is 0 Å². The fourth-order valence-corrected chi connectivity index (χ4v) is 3.92. The van der Waals surface area contributed by atoms with E-state index in [0.29, 0.717) is 5.92 Å². The number of nitrogens with one attached hydrogen (secondary N) is 1. The number of rotatable bonds is 5. The summed E-state index contributed by atoms with van der Waals surface area (Å²) >= 11 is 0. The zero-order chi connectivity index (χ0) is 13.9. The smallest absolute Gasteiger partial charge is 0.0122 e. The molecule has 2 heteroatoms. The van der Waals surface area contributed by atoms with E-state index >= 15 is 0 Å². The normalized spacial score (nSPS) is 30.6. The Morgan fingerprint density at radius 3 is 2.45 bits per heavy atom. The minimum atomic E-state index is 0.664. The minimum absolute atomic E-state index is 0.664. The van der Waals surface area contributed by atoms with Gasteiger partial charge in [-0.15, -0.1) is 0 Å². The van der Waals surface area contributed by atoms with E-state index in [9.17, 15) is 0 Å². The first-order valence-corrected chi connectivity index (χ1v) is 8.23. The molecule has 2 fully saturated rings. The van der Waals surface area contributed by atoms with Gasteiger partial charge < -0.3 is 10.2 Å². The Morgan fingerprint density at radius 2 is 1.80 bits per heavy atom. The first kappa shape index (κ1) is 14.1. The van der Waals surface area contributed by atoms with E-state index in [-0.39, 0.29) is 0 Å². The molecule has 110 valence electrons. The molecule has 2 nitrogen and oxygen atoms in total. The third kappa shape index (κ3) is 3.24. The highest BCUT2D eigenvalue weighted by Crippen LogP contribution is 2.29. The molecule has 3 unspecified atom stereocenters. The summed E-state index contributed by atoms with van der Waals surface area (Å²) in [5, 5.41) is 3.74. The van der Waals surface area contributed by atoms with Gasteiger partial charge in [0.15, 0.2) is 0 Å². The van der Waals surface area contributed by atoms with Crippen LogP contribution < -0.4 is 5.32 Å². The van der Waals surface area contributed by atoms with Gasteiger partial charge in [0.2, 0.25) is 0 Å². The lowest BCUT2D eigenvalue weighted by Gasteiger charge is -2.36. The van der Waals surface area contributed by atoms with Crippen molar-refractivity contribution in [1.82, 2.24) is 10.2 Å². The molecule has 1 N–H and O–H groups in total. The second-order valence-electron chi connectivity index (χ2n) is 6.84. The fourth-order valence-electron chi connectivity index (χ4n) is 3.92. The summed E-state index contributed by atoms with van der Waals surface area (Å²) in [4.78, 5) is 2.62. The maximum atomic E-state index is 3.74. The van der Waals surface area contributed by atoms with Gasteiger partial charge in [0.25, 0.3) is 0 Å². The van der Waals surface area contributed by atoms with Gasteiger partial charge in [-0.3, -0.25) is 0 Å². The predicted molar refractivity (Wildman–Crippen MR) is 85.1 cm³/mol. The number of piperidine rings is 1. The molecule has 3 rings (SSSR count). The molecule has 0 aliphatic carbocycles. The number of nitrogens with zero attached hydrogens (tertiary/aromatic N) is 1. The van der Waals surface area contributed by atoms with Crippen molar-refractivity contribution in [3.05, 3.63) is 35.9 Å². The van der Waals surface area contributed by atoms with E-state index in [1.807, 2.05) is 0 Å². The zero-order valence-corrected chi connectivity index (χ0v) is 12.9. The van der Waals surface area contributed by atoms with Crippen molar-refractivity contribution in [2.45, 2.75) is 63.1 Å². The molecule has 0 spiro atoms. The second-order valence-corrected chi connectivity index (χ2v) is 6.84. The Labute approximate surface area is 123 Å². The van der Waals surface area contributed by atoms with Crippen molar-refractivity contribution in [2.75, 3.05) is 13.6 Å². The number of fused-ring (bicyclic) bond motifs is 2. The van der Waals surface area contributed by atoms with Gasteiger partial charge in [0, 0.05) is 18.1 Å². The largest absolute Gasteiger partial charge is 0.311 e. The molecule has 2 bridgehead atoms. The molecule has 0 amide bonds. The number of hydrogen-bond donors (Lipinski definition) is 1. The van der Waals surface area contributed by atoms with Crippen LogP contribution in [0.5, 0.6) is 0 Å². The Hall–Kier alpha value is -0.860. The lowest BCUT2D eigenvalue weighted by Crippen LogP contribution is -2.47. The average molecular weight is 272 g/mol. The first-order chi connectivity index (χ1) is 9.72. The van der Waals surface area contributed by atoms with Crippen LogP contribution in [-0.4, -0.2) is 36.6 Å². The van der Waals surface area contributed by atoms with Gasteiger partial charge in [-0.25, -0.2) is 0 Å². The third-order valence-electron chi connectivity index (χ3n) is 5.35. The van der Waals surface area contributed by atoms with Crippen LogP contribution in [0.4, 0.5) is 0 Å². The number of benzene rings is 1. The second kappa shape index (κ2) is 6.28. The van der Waals surface area contributed by atoms with Gasteiger partial charge in [0.1, 0.15) is 0 Å². The summed E-state index contributed by atoms with van der Waals surface area (Å²) in [5.74, 6) is 0.664. The molecule has 20 heavy (non-hydrogen) atoms. The van der Waals surface area contributed by atoms with Crippen LogP contribution in [0.3, 0.4) is 0 Å². The van der Waals surface area contributed by atoms with Gasteiger partial charge in [-0.2, -0.15) is 0 Å². The molecule has 2 aliphatic rings. The summed E-state index contributed by atoms with van der Waals surface area (Å²) < 4.78 is 0. The van der Waals surface area contributed by atoms with Crippen LogP contribution in [-0.2, 0) is 0 Å². The van der Waals surface area contributed by atoms with Crippen molar-refractivity contribution in [3.8, 4) is 0 Å². The quantitative estimate of drug-likeness (QED) is 0.884. The van der Waals surface area contributed by atoms with Crippen LogP contribution in [0.1, 0.15) is 50.5 Å². The highest BCUT2D eigenvalue weighted by molar-refractivity contribution is 5.18. The van der Waals surface area contributed by atoms with E-state index in [0.717, 1.165) is 18.1 Å². The standard InChI is InChI=1S/C18H28N2/c1-14(15-6-4-3-5-7-15)10-11-20(2)18-12-16-8-9-17(13-18)19-16/h3-7,14,16-19H,8-13H2,1-2H3. The Bertz CT molecular complexity index is 405. The Morgan fingerprint density at radius 1 is 1.15 bits per heavy atom. The monoisotopic (exact) mass is 272 g/mol. The van der Waals surface area contributed by atoms with Crippen LogP contribution in [0, 0.1) is 0 Å². The average Bonchev–Trinajstić information content (AvgIpc) is 2.83. The topological polar surface area (TPSA) is 15.3 Å². The molecule has 1 aromatic rings. The molecule has 0 radical (unpaired) electrons. The van der Waals surface area contributed by atoms with Gasteiger partial charge >= 0.3 is 0 Å². The highest BCUT2D eigenvalue weighted by atomic mass is 15.2. The molecule has 3 atom stereocenters. The molecule has 0 aromatic heterocycles. The maximum absolute atomic E-state index is 3.74. The molecule has 2 aliphatic heterocycles. The maximum Gasteiger partial charge on any atom is 0.0122 e. The summed E-state index contributed by atoms with van der Waals surface area (Å²) in [6.07, 6.45) is 6.77. The SMILES string of the molecule is CC(CCN(C)C1CC2CCC(C1)N2)c1ccccc1. The van der Waals surface area contributed by atoms with Gasteiger partial charge in [0.05, 0.1) is 0 Å². The fraction of sp³-hybridized carbons (Fsp3) is 0.667. The summed E-state index contributed by atoms with van der Waals surface area (Å²) in [5.41, 5.74) is 1.48. The van der Waals surface area contributed by atoms with Crippen LogP contribution >= 0.6 is 0 Å². The molecule has 1 aromatic carbocycles. The van der Waals surface area contributed by atoms with Gasteiger partial charge in [-0.05, 0) is 57.2 Å². The summed E-state index contributed by atoms with van der Waals surface area (Å²) in [7, 11) is 2.33. The van der Waals surface area contributed by atoms with Crippen molar-refractivity contribution >= 4 is 0 Å². The Kier molecular flexibility index (Phi) is 4.42. The van der Waals surface area contributed by atoms with E-state index in [2.05, 4.69) is 54.5 Å². The Balaban J connectivity index is 1.48. The summed E-state index contributed by atoms with van der Waals surface area (Å²) in [6, 6.07) is 13.3.